The van der Waals surface area contributed by atoms with Crippen molar-refractivity contribution in [3.05, 3.63) is 144 Å². The third kappa shape index (κ3) is 4.99. The van der Waals surface area contributed by atoms with Crippen LogP contribution in [-0.2, 0) is 0 Å². The molecular formula is C43H32F4N2O. The molecule has 50 heavy (non-hydrogen) atoms. The summed E-state index contributed by atoms with van der Waals surface area (Å²) in [5.74, 6) is -4.84. The second-order valence-corrected chi connectivity index (χ2v) is 13.3. The summed E-state index contributed by atoms with van der Waals surface area (Å²) in [6.45, 7) is 8.79. The summed E-state index contributed by atoms with van der Waals surface area (Å²) in [6, 6.07) is 33.5. The standard InChI is InChI=1S/C43H32F4N2O/c1-23(2)31-19-27(25-11-6-5-7-12-25)20-32(24(3)4)41(31)49-36-16-9-8-15-35(36)48-43(49)30-14-10-13-29-28-18-17-26(21-37(28)50-42(29)30)38-39(46)33(44)22-34(45)40(38)47/h5-24H,1-4H3. The molecule has 248 valence electrons. The summed E-state index contributed by atoms with van der Waals surface area (Å²) in [5.41, 5.74) is 8.19. The molecule has 0 atom stereocenters. The second-order valence-electron chi connectivity index (χ2n) is 13.3. The molecule has 0 saturated heterocycles. The maximum absolute atomic E-state index is 14.8. The summed E-state index contributed by atoms with van der Waals surface area (Å²) in [4.78, 5) is 5.19. The second kappa shape index (κ2) is 12.0. The predicted octanol–water partition coefficient (Wildman–Crippen LogP) is 12.7. The number of fused-ring (bicyclic) bond motifs is 4. The van der Waals surface area contributed by atoms with Crippen molar-refractivity contribution in [1.82, 2.24) is 9.55 Å². The average molecular weight is 669 g/mol. The number of aromatic nitrogens is 2. The first kappa shape index (κ1) is 31.6. The van der Waals surface area contributed by atoms with Crippen LogP contribution in [0.2, 0.25) is 0 Å². The van der Waals surface area contributed by atoms with Crippen LogP contribution in [0.5, 0.6) is 0 Å². The molecule has 0 unspecified atom stereocenters. The van der Waals surface area contributed by atoms with Crippen LogP contribution in [0.15, 0.2) is 114 Å². The Labute approximate surface area is 286 Å². The third-order valence-electron chi connectivity index (χ3n) is 9.44. The van der Waals surface area contributed by atoms with Crippen molar-refractivity contribution in [2.75, 3.05) is 0 Å². The highest BCUT2D eigenvalue weighted by molar-refractivity contribution is 6.10. The van der Waals surface area contributed by atoms with Crippen LogP contribution in [0.25, 0.3) is 72.3 Å². The topological polar surface area (TPSA) is 31.0 Å². The Morgan fingerprint density at radius 1 is 0.600 bits per heavy atom. The maximum atomic E-state index is 14.8. The van der Waals surface area contributed by atoms with E-state index in [1.807, 2.05) is 42.5 Å². The Morgan fingerprint density at radius 3 is 1.94 bits per heavy atom. The van der Waals surface area contributed by atoms with E-state index in [2.05, 4.69) is 74.7 Å². The highest BCUT2D eigenvalue weighted by atomic mass is 19.2. The summed E-state index contributed by atoms with van der Waals surface area (Å²) >= 11 is 0. The van der Waals surface area contributed by atoms with Gasteiger partial charge in [-0.05, 0) is 82.1 Å². The minimum absolute atomic E-state index is 0.0413. The van der Waals surface area contributed by atoms with Gasteiger partial charge in [-0.25, -0.2) is 22.5 Å². The van der Waals surface area contributed by atoms with Gasteiger partial charge in [0.15, 0.2) is 23.3 Å². The molecule has 0 amide bonds. The largest absolute Gasteiger partial charge is 0.455 e. The summed E-state index contributed by atoms with van der Waals surface area (Å²) in [6.07, 6.45) is 0. The van der Waals surface area contributed by atoms with Gasteiger partial charge in [0.1, 0.15) is 17.0 Å². The van der Waals surface area contributed by atoms with Crippen molar-refractivity contribution in [2.45, 2.75) is 39.5 Å². The highest BCUT2D eigenvalue weighted by Crippen LogP contribution is 2.43. The molecule has 0 bridgehead atoms. The Balaban J connectivity index is 1.40. The van der Waals surface area contributed by atoms with Crippen LogP contribution in [-0.4, -0.2) is 9.55 Å². The normalized spacial score (nSPS) is 12.0. The number of benzene rings is 6. The van der Waals surface area contributed by atoms with E-state index in [0.29, 0.717) is 22.4 Å². The van der Waals surface area contributed by atoms with E-state index in [0.717, 1.165) is 38.8 Å². The van der Waals surface area contributed by atoms with E-state index in [1.165, 1.54) is 23.3 Å². The molecule has 6 aromatic carbocycles. The highest BCUT2D eigenvalue weighted by Gasteiger charge is 2.26. The molecular weight excluding hydrogens is 636 g/mol. The Hall–Kier alpha value is -5.69. The molecule has 0 saturated carbocycles. The molecule has 0 radical (unpaired) electrons. The number of furan rings is 1. The first-order valence-corrected chi connectivity index (χ1v) is 16.6. The SMILES string of the molecule is CC(C)c1cc(-c2ccccc2)cc(C(C)C)c1-n1c(-c2cccc3c2oc2cc(-c4c(F)c(F)cc(F)c4F)ccc23)nc2ccccc21. The van der Waals surface area contributed by atoms with E-state index < -0.39 is 28.8 Å². The zero-order valence-electron chi connectivity index (χ0n) is 27.9. The van der Waals surface area contributed by atoms with Crippen LogP contribution in [0.4, 0.5) is 17.6 Å². The molecule has 7 heteroatoms. The van der Waals surface area contributed by atoms with Crippen LogP contribution in [0.1, 0.15) is 50.7 Å². The fourth-order valence-electron chi connectivity index (χ4n) is 7.01. The van der Waals surface area contributed by atoms with Crippen LogP contribution < -0.4 is 0 Å². The van der Waals surface area contributed by atoms with Crippen LogP contribution in [0.3, 0.4) is 0 Å². The number of nitrogens with zero attached hydrogens (tertiary/aromatic N) is 2. The summed E-state index contributed by atoms with van der Waals surface area (Å²) in [5, 5.41) is 1.45. The van der Waals surface area contributed by atoms with Crippen molar-refractivity contribution >= 4 is 33.0 Å². The van der Waals surface area contributed by atoms with Crippen molar-refractivity contribution in [3.8, 4) is 39.3 Å². The molecule has 0 aliphatic heterocycles. The van der Waals surface area contributed by atoms with E-state index in [-0.39, 0.29) is 23.5 Å². The lowest BCUT2D eigenvalue weighted by Gasteiger charge is -2.24. The van der Waals surface area contributed by atoms with Gasteiger partial charge in [0.25, 0.3) is 0 Å². The monoisotopic (exact) mass is 668 g/mol. The first-order valence-electron chi connectivity index (χ1n) is 16.6. The van der Waals surface area contributed by atoms with Gasteiger partial charge in [-0.3, -0.25) is 4.57 Å². The molecule has 2 aromatic heterocycles. The number of hydrogen-bond acceptors (Lipinski definition) is 2. The molecule has 0 aliphatic rings. The van der Waals surface area contributed by atoms with Gasteiger partial charge in [0.05, 0.1) is 27.8 Å². The predicted molar refractivity (Wildman–Crippen MR) is 193 cm³/mol. The lowest BCUT2D eigenvalue weighted by Crippen LogP contribution is -2.09. The van der Waals surface area contributed by atoms with Crippen molar-refractivity contribution in [2.24, 2.45) is 0 Å². The van der Waals surface area contributed by atoms with Crippen LogP contribution >= 0.6 is 0 Å². The number of imidazole rings is 1. The summed E-state index contributed by atoms with van der Waals surface area (Å²) in [7, 11) is 0. The van der Waals surface area contributed by atoms with E-state index >= 15 is 0 Å². The fraction of sp³-hybridized carbons (Fsp3) is 0.140. The zero-order chi connectivity index (χ0) is 34.8. The average Bonchev–Trinajstić information content (AvgIpc) is 3.69. The fourth-order valence-corrected chi connectivity index (χ4v) is 7.01. The molecule has 0 spiro atoms. The van der Waals surface area contributed by atoms with Gasteiger partial charge >= 0.3 is 0 Å². The maximum Gasteiger partial charge on any atom is 0.169 e. The van der Waals surface area contributed by atoms with E-state index in [9.17, 15) is 17.6 Å². The Kier molecular flexibility index (Phi) is 7.59. The minimum atomic E-state index is -1.47. The van der Waals surface area contributed by atoms with Crippen molar-refractivity contribution < 1.29 is 22.0 Å². The molecule has 3 nitrogen and oxygen atoms in total. The van der Waals surface area contributed by atoms with Gasteiger partial charge in [-0.1, -0.05) is 88.4 Å². The Bertz CT molecular complexity index is 2540. The van der Waals surface area contributed by atoms with Crippen molar-refractivity contribution in [3.63, 3.8) is 0 Å². The Morgan fingerprint density at radius 2 is 1.26 bits per heavy atom. The lowest BCUT2D eigenvalue weighted by molar-refractivity contribution is 0.458. The lowest BCUT2D eigenvalue weighted by atomic mass is 9.88. The first-order chi connectivity index (χ1) is 24.1. The molecule has 0 fully saturated rings. The molecule has 0 aliphatic carbocycles. The van der Waals surface area contributed by atoms with E-state index in [4.69, 9.17) is 9.40 Å². The molecule has 8 rings (SSSR count). The van der Waals surface area contributed by atoms with E-state index in [1.54, 1.807) is 6.07 Å². The molecule has 8 aromatic rings. The zero-order valence-corrected chi connectivity index (χ0v) is 27.9. The quantitative estimate of drug-likeness (QED) is 0.130. The van der Waals surface area contributed by atoms with Crippen molar-refractivity contribution in [1.29, 1.82) is 0 Å². The third-order valence-corrected chi connectivity index (χ3v) is 9.44. The summed E-state index contributed by atoms with van der Waals surface area (Å²) < 4.78 is 66.6. The number of halogens is 4. The smallest absolute Gasteiger partial charge is 0.169 e. The van der Waals surface area contributed by atoms with Gasteiger partial charge < -0.3 is 4.42 Å². The molecule has 2 heterocycles. The van der Waals surface area contributed by atoms with Gasteiger partial charge in [-0.2, -0.15) is 0 Å². The number of rotatable bonds is 6. The number of para-hydroxylation sites is 3. The van der Waals surface area contributed by atoms with Crippen LogP contribution in [0, 0.1) is 23.3 Å². The minimum Gasteiger partial charge on any atom is -0.455 e. The number of hydrogen-bond donors (Lipinski definition) is 0. The van der Waals surface area contributed by atoms with Gasteiger partial charge in [0.2, 0.25) is 0 Å². The van der Waals surface area contributed by atoms with Gasteiger partial charge in [-0.15, -0.1) is 0 Å². The molecule has 0 N–H and O–H groups in total. The van der Waals surface area contributed by atoms with Gasteiger partial charge in [0, 0.05) is 16.8 Å².